The molecule has 0 aromatic heterocycles. The summed E-state index contributed by atoms with van der Waals surface area (Å²) in [5, 5.41) is 23.5. The van der Waals surface area contributed by atoms with Crippen LogP contribution in [-0.4, -0.2) is 36.0 Å². The molecule has 3 aromatic carbocycles. The first-order valence-electron chi connectivity index (χ1n) is 12.8. The minimum Gasteiger partial charge on any atom is -0.372 e. The molecule has 0 heterocycles. The molecule has 0 bridgehead atoms. The van der Waals surface area contributed by atoms with Crippen molar-refractivity contribution < 1.29 is 9.85 Å². The number of rotatable bonds is 12. The van der Waals surface area contributed by atoms with Crippen LogP contribution in [0.1, 0.15) is 49.9 Å². The van der Waals surface area contributed by atoms with Crippen molar-refractivity contribution in [2.24, 2.45) is 0 Å². The number of nitro groups is 2. The second-order valence-corrected chi connectivity index (χ2v) is 8.68. The third-order valence-electron chi connectivity index (χ3n) is 6.52. The van der Waals surface area contributed by atoms with Crippen LogP contribution < -0.4 is 9.80 Å². The summed E-state index contributed by atoms with van der Waals surface area (Å²) in [5.41, 5.74) is 3.92. The summed E-state index contributed by atoms with van der Waals surface area (Å²) in [5.74, 6) is 0. The maximum Gasteiger partial charge on any atom is 0.283 e. The van der Waals surface area contributed by atoms with Gasteiger partial charge in [-0.3, -0.25) is 20.2 Å². The lowest BCUT2D eigenvalue weighted by molar-refractivity contribution is -0.394. The molecule has 0 amide bonds. The molecular formula is C30H34N4O4. The summed E-state index contributed by atoms with van der Waals surface area (Å²) < 4.78 is 0. The monoisotopic (exact) mass is 514 g/mol. The van der Waals surface area contributed by atoms with E-state index in [9.17, 15) is 20.2 Å². The molecule has 0 aliphatic carbocycles. The van der Waals surface area contributed by atoms with Crippen molar-refractivity contribution in [3.8, 4) is 0 Å². The van der Waals surface area contributed by atoms with Crippen molar-refractivity contribution >= 4 is 47.1 Å². The van der Waals surface area contributed by atoms with Crippen molar-refractivity contribution in [1.82, 2.24) is 0 Å². The van der Waals surface area contributed by atoms with E-state index in [1.165, 1.54) is 6.07 Å². The first-order chi connectivity index (χ1) is 18.3. The molecule has 0 radical (unpaired) electrons. The Bertz CT molecular complexity index is 1210. The van der Waals surface area contributed by atoms with Crippen molar-refractivity contribution in [3.63, 3.8) is 0 Å². The highest BCUT2D eigenvalue weighted by atomic mass is 16.6. The fourth-order valence-electron chi connectivity index (χ4n) is 4.34. The maximum absolute atomic E-state index is 11.7. The largest absolute Gasteiger partial charge is 0.372 e. The van der Waals surface area contributed by atoms with Crippen LogP contribution in [0.5, 0.6) is 0 Å². The fraction of sp³-hybridized carbons (Fsp3) is 0.267. The van der Waals surface area contributed by atoms with Crippen LogP contribution in [0.2, 0.25) is 0 Å². The van der Waals surface area contributed by atoms with Crippen molar-refractivity contribution in [3.05, 3.63) is 103 Å². The van der Waals surface area contributed by atoms with Crippen LogP contribution >= 0.6 is 0 Å². The van der Waals surface area contributed by atoms with Gasteiger partial charge < -0.3 is 9.80 Å². The number of benzene rings is 3. The average molecular weight is 515 g/mol. The molecule has 0 N–H and O–H groups in total. The van der Waals surface area contributed by atoms with Gasteiger partial charge in [-0.05, 0) is 81.3 Å². The normalized spacial score (nSPS) is 11.3. The van der Waals surface area contributed by atoms with Crippen LogP contribution in [0.25, 0.3) is 24.3 Å². The Morgan fingerprint density at radius 3 is 1.21 bits per heavy atom. The Kier molecular flexibility index (Phi) is 9.76. The third kappa shape index (κ3) is 6.85. The second kappa shape index (κ2) is 13.2. The lowest BCUT2D eigenvalue weighted by Gasteiger charge is -2.20. The van der Waals surface area contributed by atoms with E-state index in [0.29, 0.717) is 11.1 Å². The average Bonchev–Trinajstić information content (AvgIpc) is 2.93. The van der Waals surface area contributed by atoms with Crippen LogP contribution in [0.15, 0.2) is 60.7 Å². The summed E-state index contributed by atoms with van der Waals surface area (Å²) in [6, 6.07) is 18.4. The first-order valence-corrected chi connectivity index (χ1v) is 12.8. The second-order valence-electron chi connectivity index (χ2n) is 8.68. The van der Waals surface area contributed by atoms with Crippen molar-refractivity contribution in [1.29, 1.82) is 0 Å². The molecule has 0 unspecified atom stereocenters. The maximum atomic E-state index is 11.7. The Balaban J connectivity index is 1.95. The topological polar surface area (TPSA) is 92.8 Å². The zero-order valence-corrected chi connectivity index (χ0v) is 22.3. The van der Waals surface area contributed by atoms with E-state index in [1.807, 2.05) is 48.5 Å². The predicted octanol–water partition coefficient (Wildman–Crippen LogP) is 7.54. The lowest BCUT2D eigenvalue weighted by Crippen LogP contribution is -2.21. The predicted molar refractivity (Wildman–Crippen MR) is 158 cm³/mol. The molecule has 38 heavy (non-hydrogen) atoms. The van der Waals surface area contributed by atoms with E-state index in [4.69, 9.17) is 0 Å². The summed E-state index contributed by atoms with van der Waals surface area (Å²) in [4.78, 5) is 26.8. The van der Waals surface area contributed by atoms with Crippen molar-refractivity contribution in [2.75, 3.05) is 36.0 Å². The molecule has 0 fully saturated rings. The molecule has 198 valence electrons. The zero-order valence-electron chi connectivity index (χ0n) is 22.3. The molecule has 0 atom stereocenters. The minimum absolute atomic E-state index is 0.296. The van der Waals surface area contributed by atoms with Gasteiger partial charge in [0.25, 0.3) is 11.4 Å². The Morgan fingerprint density at radius 1 is 0.579 bits per heavy atom. The number of hydrogen-bond donors (Lipinski definition) is 0. The van der Waals surface area contributed by atoms with Gasteiger partial charge in [-0.2, -0.15) is 0 Å². The molecule has 8 nitrogen and oxygen atoms in total. The number of hydrogen-bond acceptors (Lipinski definition) is 6. The minimum atomic E-state index is -0.588. The summed E-state index contributed by atoms with van der Waals surface area (Å²) in [6.07, 6.45) is 6.81. The smallest absolute Gasteiger partial charge is 0.283 e. The van der Waals surface area contributed by atoms with Gasteiger partial charge in [0.05, 0.1) is 27.0 Å². The van der Waals surface area contributed by atoms with E-state index in [-0.39, 0.29) is 11.4 Å². The van der Waals surface area contributed by atoms with Gasteiger partial charge >= 0.3 is 0 Å². The molecule has 3 aromatic rings. The van der Waals surface area contributed by atoms with Crippen LogP contribution in [-0.2, 0) is 0 Å². The fourth-order valence-corrected chi connectivity index (χ4v) is 4.34. The van der Waals surface area contributed by atoms with E-state index in [2.05, 4.69) is 37.5 Å². The van der Waals surface area contributed by atoms with Gasteiger partial charge in [0.15, 0.2) is 0 Å². The van der Waals surface area contributed by atoms with Gasteiger partial charge in [-0.25, -0.2) is 0 Å². The molecule has 0 aliphatic heterocycles. The highest BCUT2D eigenvalue weighted by Gasteiger charge is 2.22. The molecule has 0 saturated heterocycles. The number of nitrogens with zero attached hydrogens (tertiary/aromatic N) is 4. The SMILES string of the molecule is CCN(CC)c1ccc(/C=C/c2cc(/C=C/c3ccc(N(CC)CC)cc3)c([N+](=O)[O-])cc2[N+](=O)[O-])cc1. The number of nitro benzene ring substituents is 2. The highest BCUT2D eigenvalue weighted by molar-refractivity contribution is 5.82. The summed E-state index contributed by atoms with van der Waals surface area (Å²) in [6.45, 7) is 12.0. The van der Waals surface area contributed by atoms with E-state index >= 15 is 0 Å². The van der Waals surface area contributed by atoms with E-state index in [0.717, 1.165) is 54.7 Å². The van der Waals surface area contributed by atoms with Crippen LogP contribution in [0.4, 0.5) is 22.7 Å². The van der Waals surface area contributed by atoms with E-state index < -0.39 is 9.85 Å². The quantitative estimate of drug-likeness (QED) is 0.141. The lowest BCUT2D eigenvalue weighted by atomic mass is 10.0. The highest BCUT2D eigenvalue weighted by Crippen LogP contribution is 2.32. The van der Waals surface area contributed by atoms with Crippen LogP contribution in [0.3, 0.4) is 0 Å². The van der Waals surface area contributed by atoms with Crippen LogP contribution in [0, 0.1) is 20.2 Å². The molecule has 3 rings (SSSR count). The molecule has 0 saturated carbocycles. The van der Waals surface area contributed by atoms with Gasteiger partial charge in [0, 0.05) is 37.6 Å². The summed E-state index contributed by atoms with van der Waals surface area (Å²) in [7, 11) is 0. The Hall–Kier alpha value is -4.46. The van der Waals surface area contributed by atoms with Gasteiger partial charge in [0.1, 0.15) is 0 Å². The Labute approximate surface area is 223 Å². The molecular weight excluding hydrogens is 480 g/mol. The van der Waals surface area contributed by atoms with Gasteiger partial charge in [-0.1, -0.05) is 36.4 Å². The molecule has 0 aliphatic rings. The number of anilines is 2. The zero-order chi connectivity index (χ0) is 27.7. The molecule has 0 spiro atoms. The molecule has 8 heteroatoms. The third-order valence-corrected chi connectivity index (χ3v) is 6.52. The summed E-state index contributed by atoms with van der Waals surface area (Å²) >= 11 is 0. The van der Waals surface area contributed by atoms with Gasteiger partial charge in [-0.15, -0.1) is 0 Å². The van der Waals surface area contributed by atoms with Gasteiger partial charge in [0.2, 0.25) is 0 Å². The van der Waals surface area contributed by atoms with Crippen molar-refractivity contribution in [2.45, 2.75) is 27.7 Å². The Morgan fingerprint density at radius 2 is 0.921 bits per heavy atom. The first kappa shape index (κ1) is 28.1. The standard InChI is InChI=1S/C30H34N4O4/c1-5-31(6-2)27-17-11-23(12-18-27)9-15-25-21-26(30(34(37)38)22-29(25)33(35)36)16-10-24-13-19-28(20-14-24)32(7-3)8-4/h9-22H,5-8H2,1-4H3/b15-9+,16-10+. The van der Waals surface area contributed by atoms with E-state index in [1.54, 1.807) is 24.3 Å².